The summed E-state index contributed by atoms with van der Waals surface area (Å²) in [6.45, 7) is 3.64. The molecule has 1 N–H and O–H groups in total. The highest BCUT2D eigenvalue weighted by Crippen LogP contribution is 2.51. The lowest BCUT2D eigenvalue weighted by Gasteiger charge is -2.48. The van der Waals surface area contributed by atoms with Crippen molar-refractivity contribution in [2.45, 2.75) is 37.5 Å². The van der Waals surface area contributed by atoms with Crippen LogP contribution in [0.4, 0.5) is 5.69 Å². The van der Waals surface area contributed by atoms with Crippen LogP contribution in [0.25, 0.3) is 0 Å². The largest absolute Gasteiger partial charge is 0.497 e. The average Bonchev–Trinajstić information content (AvgIpc) is 3.28. The minimum Gasteiger partial charge on any atom is -0.497 e. The number of hydrogen-bond acceptors (Lipinski definition) is 8. The second kappa shape index (κ2) is 7.15. The summed E-state index contributed by atoms with van der Waals surface area (Å²) in [5.74, 6) is 1.04. The van der Waals surface area contributed by atoms with Gasteiger partial charge in [0.25, 0.3) is 0 Å². The van der Waals surface area contributed by atoms with Gasteiger partial charge in [0.05, 0.1) is 39.3 Å². The Morgan fingerprint density at radius 2 is 1.97 bits per heavy atom. The van der Waals surface area contributed by atoms with Crippen molar-refractivity contribution in [1.29, 1.82) is 0 Å². The number of ketones is 1. The van der Waals surface area contributed by atoms with Crippen LogP contribution in [0.3, 0.4) is 0 Å². The monoisotopic (exact) mass is 428 g/mol. The van der Waals surface area contributed by atoms with E-state index in [0.717, 1.165) is 18.8 Å². The number of benzene rings is 1. The van der Waals surface area contributed by atoms with E-state index in [0.29, 0.717) is 35.5 Å². The van der Waals surface area contributed by atoms with E-state index in [1.54, 1.807) is 26.5 Å². The Bertz CT molecular complexity index is 975. The molecule has 1 aromatic rings. The summed E-state index contributed by atoms with van der Waals surface area (Å²) in [5.41, 5.74) is 1.26. The fraction of sp³-hybridized carbons (Fsp3) is 0.565. The van der Waals surface area contributed by atoms with Crippen LogP contribution in [0.15, 0.2) is 24.0 Å². The van der Waals surface area contributed by atoms with Crippen molar-refractivity contribution < 1.29 is 28.5 Å². The van der Waals surface area contributed by atoms with Crippen LogP contribution in [-0.2, 0) is 14.3 Å². The molecule has 0 aromatic heterocycles. The normalized spacial score (nSPS) is 33.5. The zero-order valence-electron chi connectivity index (χ0n) is 18.3. The molecular formula is C23H28N2O6. The Labute approximate surface area is 181 Å². The van der Waals surface area contributed by atoms with E-state index in [2.05, 4.69) is 10.2 Å². The van der Waals surface area contributed by atoms with Crippen LogP contribution in [0.2, 0.25) is 0 Å². The zero-order chi connectivity index (χ0) is 21.9. The topological polar surface area (TPSA) is 86.3 Å². The van der Waals surface area contributed by atoms with E-state index in [1.807, 2.05) is 13.0 Å². The van der Waals surface area contributed by atoms with Crippen LogP contribution < -0.4 is 14.8 Å². The van der Waals surface area contributed by atoms with Gasteiger partial charge in [0.1, 0.15) is 5.54 Å². The number of carbonyl (C=O) groups excluding carboxylic acids is 2. The molecule has 5 rings (SSSR count). The quantitative estimate of drug-likeness (QED) is 0.734. The number of ether oxygens (including phenoxy) is 4. The van der Waals surface area contributed by atoms with Gasteiger partial charge < -0.3 is 24.3 Å². The molecule has 0 unspecified atom stereocenters. The van der Waals surface area contributed by atoms with Gasteiger partial charge in [-0.05, 0) is 25.8 Å². The van der Waals surface area contributed by atoms with Crippen LogP contribution in [0.1, 0.15) is 30.1 Å². The van der Waals surface area contributed by atoms with Crippen LogP contribution >= 0.6 is 0 Å². The van der Waals surface area contributed by atoms with Crippen molar-refractivity contribution in [3.63, 3.8) is 0 Å². The molecule has 4 heterocycles. The fourth-order valence-electron chi connectivity index (χ4n) is 5.97. The van der Waals surface area contributed by atoms with Gasteiger partial charge in [-0.1, -0.05) is 0 Å². The Hall–Kier alpha value is -2.74. The fourth-order valence-corrected chi connectivity index (χ4v) is 5.97. The van der Waals surface area contributed by atoms with Crippen molar-refractivity contribution in [3.05, 3.63) is 29.5 Å². The first kappa shape index (κ1) is 20.2. The molecule has 8 nitrogen and oxygen atoms in total. The number of rotatable bonds is 3. The molecule has 2 saturated heterocycles. The first-order valence-corrected chi connectivity index (χ1v) is 10.7. The molecular weight excluding hydrogens is 400 g/mol. The Morgan fingerprint density at radius 1 is 1.23 bits per heavy atom. The third kappa shape index (κ3) is 2.77. The Morgan fingerprint density at radius 3 is 2.68 bits per heavy atom. The number of fused-ring (bicyclic) bond motifs is 4. The van der Waals surface area contributed by atoms with Gasteiger partial charge in [-0.15, -0.1) is 0 Å². The summed E-state index contributed by atoms with van der Waals surface area (Å²) in [4.78, 5) is 28.5. The second-order valence-electron chi connectivity index (χ2n) is 8.85. The number of hydrogen-bond donors (Lipinski definition) is 1. The molecule has 31 heavy (non-hydrogen) atoms. The second-order valence-corrected chi connectivity index (χ2v) is 8.85. The van der Waals surface area contributed by atoms with Crippen molar-refractivity contribution in [1.82, 2.24) is 4.90 Å². The first-order valence-electron chi connectivity index (χ1n) is 10.7. The number of nitrogens with one attached hydrogen (secondary N) is 1. The highest BCUT2D eigenvalue weighted by atomic mass is 16.5. The number of carbonyl (C=O) groups is 2. The number of Topliss-reactive ketones (excluding diaryl/α,β-unsaturated/α-hetero) is 1. The molecule has 0 aliphatic carbocycles. The van der Waals surface area contributed by atoms with E-state index < -0.39 is 5.54 Å². The summed E-state index contributed by atoms with van der Waals surface area (Å²) in [6, 6.07) is 3.58. The molecule has 0 amide bonds. The number of methoxy groups -OCH3 is 3. The summed E-state index contributed by atoms with van der Waals surface area (Å²) in [7, 11) is 4.54. The molecule has 1 aromatic carbocycles. The Kier molecular flexibility index (Phi) is 4.66. The average molecular weight is 428 g/mol. The van der Waals surface area contributed by atoms with Gasteiger partial charge in [-0.3, -0.25) is 9.69 Å². The molecule has 4 aliphatic rings. The molecule has 0 saturated carbocycles. The SMILES string of the molecule is COC(=O)C1=CO[C@@H](C)[C@@H]2CN3CC[C@]4(Nc5cc(OC)c(OC)cc5C4=O)[C@@H]3C[C@H]12. The first-order chi connectivity index (χ1) is 14.9. The molecule has 0 bridgehead atoms. The van der Waals surface area contributed by atoms with Gasteiger partial charge in [-0.25, -0.2) is 4.79 Å². The summed E-state index contributed by atoms with van der Waals surface area (Å²) >= 11 is 0. The van der Waals surface area contributed by atoms with Gasteiger partial charge >= 0.3 is 5.97 Å². The van der Waals surface area contributed by atoms with Gasteiger partial charge in [-0.2, -0.15) is 0 Å². The lowest BCUT2D eigenvalue weighted by atomic mass is 9.70. The lowest BCUT2D eigenvalue weighted by Crippen LogP contribution is -2.59. The third-order valence-electron chi connectivity index (χ3n) is 7.61. The van der Waals surface area contributed by atoms with E-state index in [-0.39, 0.29) is 35.7 Å². The number of piperidine rings is 1. The van der Waals surface area contributed by atoms with Crippen molar-refractivity contribution in [2.75, 3.05) is 39.7 Å². The van der Waals surface area contributed by atoms with E-state index in [9.17, 15) is 9.59 Å². The van der Waals surface area contributed by atoms with Gasteiger partial charge in [0.15, 0.2) is 17.3 Å². The van der Waals surface area contributed by atoms with Crippen molar-refractivity contribution in [2.24, 2.45) is 11.8 Å². The van der Waals surface area contributed by atoms with Gasteiger partial charge in [0.2, 0.25) is 0 Å². The van der Waals surface area contributed by atoms with E-state index in [1.165, 1.54) is 7.11 Å². The molecule has 2 fully saturated rings. The lowest BCUT2D eigenvalue weighted by molar-refractivity contribution is -0.139. The highest BCUT2D eigenvalue weighted by molar-refractivity contribution is 6.14. The molecule has 8 heteroatoms. The van der Waals surface area contributed by atoms with Crippen molar-refractivity contribution >= 4 is 17.4 Å². The summed E-state index contributed by atoms with van der Waals surface area (Å²) < 4.78 is 21.6. The van der Waals surface area contributed by atoms with Crippen LogP contribution in [-0.4, -0.2) is 68.8 Å². The van der Waals surface area contributed by atoms with Crippen LogP contribution in [0, 0.1) is 11.8 Å². The van der Waals surface area contributed by atoms with E-state index >= 15 is 0 Å². The number of nitrogens with zero attached hydrogens (tertiary/aromatic N) is 1. The predicted molar refractivity (Wildman–Crippen MR) is 112 cm³/mol. The summed E-state index contributed by atoms with van der Waals surface area (Å²) in [5, 5.41) is 3.56. The molecule has 5 atom stereocenters. The molecule has 1 spiro atoms. The van der Waals surface area contributed by atoms with E-state index in [4.69, 9.17) is 18.9 Å². The molecule has 4 aliphatic heterocycles. The maximum absolute atomic E-state index is 13.7. The van der Waals surface area contributed by atoms with Crippen molar-refractivity contribution in [3.8, 4) is 11.5 Å². The Balaban J connectivity index is 1.50. The predicted octanol–water partition coefficient (Wildman–Crippen LogP) is 2.24. The maximum Gasteiger partial charge on any atom is 0.337 e. The maximum atomic E-state index is 13.7. The number of anilines is 1. The minimum atomic E-state index is -0.715. The van der Waals surface area contributed by atoms with Crippen LogP contribution in [0.5, 0.6) is 11.5 Å². The smallest absolute Gasteiger partial charge is 0.337 e. The standard InChI is InChI=1S/C23H28N2O6/c1-12-15-10-25-6-5-23(20(25)8-13(15)16(11-31-12)22(27)30-4)21(26)14-7-18(28-2)19(29-3)9-17(14)24-23/h7,9,11-13,15,20,24H,5-6,8,10H2,1-4H3/t12-,13-,15-,20-,23-/m0/s1. The third-order valence-corrected chi connectivity index (χ3v) is 7.61. The highest BCUT2D eigenvalue weighted by Gasteiger charge is 2.60. The molecule has 0 radical (unpaired) electrons. The minimum absolute atomic E-state index is 0.00481. The number of esters is 1. The van der Waals surface area contributed by atoms with Gasteiger partial charge in [0, 0.05) is 48.3 Å². The molecule has 166 valence electrons. The summed E-state index contributed by atoms with van der Waals surface area (Å²) in [6.07, 6.45) is 2.97. The zero-order valence-corrected chi connectivity index (χ0v) is 18.3.